The Morgan fingerprint density at radius 1 is 1.30 bits per heavy atom. The van der Waals surface area contributed by atoms with Gasteiger partial charge in [-0.15, -0.1) is 0 Å². The summed E-state index contributed by atoms with van der Waals surface area (Å²) in [5.41, 5.74) is 0.641. The summed E-state index contributed by atoms with van der Waals surface area (Å²) in [5.74, 6) is 0.774. The largest absolute Gasteiger partial charge is 0.451 e. The number of piperidine rings is 3. The van der Waals surface area contributed by atoms with Gasteiger partial charge in [0.1, 0.15) is 5.58 Å². The lowest BCUT2D eigenvalue weighted by Crippen LogP contribution is -2.69. The van der Waals surface area contributed by atoms with Crippen LogP contribution in [0.5, 0.6) is 0 Å². The predicted octanol–water partition coefficient (Wildman–Crippen LogP) is 3.69. The molecule has 4 heterocycles. The number of rotatable bonds is 2. The van der Waals surface area contributed by atoms with Crippen LogP contribution >= 0.6 is 11.6 Å². The van der Waals surface area contributed by atoms with E-state index in [0.29, 0.717) is 22.3 Å². The quantitative estimate of drug-likeness (QED) is 0.912. The van der Waals surface area contributed by atoms with Crippen LogP contribution in [-0.4, -0.2) is 35.5 Å². The molecule has 5 heteroatoms. The van der Waals surface area contributed by atoms with Crippen LogP contribution in [0.15, 0.2) is 28.7 Å². The molecule has 1 amide bonds. The maximum Gasteiger partial charge on any atom is 0.287 e. The van der Waals surface area contributed by atoms with Crippen molar-refractivity contribution in [2.75, 3.05) is 13.1 Å². The molecule has 0 radical (unpaired) electrons. The van der Waals surface area contributed by atoms with Crippen LogP contribution < -0.4 is 5.32 Å². The molecular formula is C18H21ClN2O2. The molecule has 2 bridgehead atoms. The molecule has 1 aromatic heterocycles. The fourth-order valence-electron chi connectivity index (χ4n) is 4.21. The van der Waals surface area contributed by atoms with Gasteiger partial charge in [0.25, 0.3) is 5.91 Å². The van der Waals surface area contributed by atoms with E-state index in [1.54, 1.807) is 18.2 Å². The summed E-state index contributed by atoms with van der Waals surface area (Å²) in [6, 6.07) is 7.36. The third-order valence-corrected chi connectivity index (χ3v) is 5.81. The maximum atomic E-state index is 12.7. The minimum absolute atomic E-state index is 0.00779. The van der Waals surface area contributed by atoms with E-state index >= 15 is 0 Å². The minimum atomic E-state index is -0.135. The maximum absolute atomic E-state index is 12.7. The van der Waals surface area contributed by atoms with Gasteiger partial charge in [-0.2, -0.15) is 0 Å². The fourth-order valence-corrected chi connectivity index (χ4v) is 4.37. The summed E-state index contributed by atoms with van der Waals surface area (Å²) >= 11 is 5.98. The molecule has 0 aliphatic carbocycles. The van der Waals surface area contributed by atoms with Crippen molar-refractivity contribution in [3.05, 3.63) is 35.0 Å². The lowest BCUT2D eigenvalue weighted by atomic mass is 9.72. The van der Waals surface area contributed by atoms with E-state index in [1.807, 2.05) is 6.07 Å². The van der Waals surface area contributed by atoms with E-state index in [0.717, 1.165) is 31.3 Å². The van der Waals surface area contributed by atoms with Crippen LogP contribution in [0.2, 0.25) is 5.02 Å². The minimum Gasteiger partial charge on any atom is -0.451 e. The molecule has 23 heavy (non-hydrogen) atoms. The van der Waals surface area contributed by atoms with Crippen molar-refractivity contribution < 1.29 is 9.21 Å². The van der Waals surface area contributed by atoms with Crippen molar-refractivity contribution in [1.82, 2.24) is 10.2 Å². The van der Waals surface area contributed by atoms with Gasteiger partial charge >= 0.3 is 0 Å². The second-order valence-corrected chi connectivity index (χ2v) is 7.66. The van der Waals surface area contributed by atoms with E-state index in [-0.39, 0.29) is 17.5 Å². The first-order chi connectivity index (χ1) is 10.9. The van der Waals surface area contributed by atoms with Crippen molar-refractivity contribution in [3.8, 4) is 0 Å². The second kappa shape index (κ2) is 5.25. The summed E-state index contributed by atoms with van der Waals surface area (Å²) < 4.78 is 5.69. The smallest absolute Gasteiger partial charge is 0.287 e. The summed E-state index contributed by atoms with van der Waals surface area (Å²) in [4.78, 5) is 15.2. The molecule has 3 fully saturated rings. The molecule has 1 unspecified atom stereocenters. The van der Waals surface area contributed by atoms with Crippen molar-refractivity contribution in [2.24, 2.45) is 5.92 Å². The zero-order valence-electron chi connectivity index (χ0n) is 13.4. The van der Waals surface area contributed by atoms with Crippen LogP contribution in [0.4, 0.5) is 0 Å². The van der Waals surface area contributed by atoms with Gasteiger partial charge in [-0.3, -0.25) is 9.69 Å². The Hall–Kier alpha value is -1.52. The van der Waals surface area contributed by atoms with Gasteiger partial charge in [-0.1, -0.05) is 11.6 Å². The molecule has 0 saturated carbocycles. The van der Waals surface area contributed by atoms with Gasteiger partial charge in [0, 0.05) is 28.1 Å². The zero-order valence-corrected chi connectivity index (χ0v) is 14.2. The Morgan fingerprint density at radius 2 is 2.04 bits per heavy atom. The van der Waals surface area contributed by atoms with E-state index < -0.39 is 0 Å². The van der Waals surface area contributed by atoms with E-state index in [9.17, 15) is 4.79 Å². The van der Waals surface area contributed by atoms with Crippen LogP contribution in [0.25, 0.3) is 11.0 Å². The molecule has 3 aliphatic rings. The van der Waals surface area contributed by atoms with Gasteiger partial charge < -0.3 is 9.73 Å². The first-order valence-corrected chi connectivity index (χ1v) is 8.58. The number of furan rings is 1. The number of hydrogen-bond donors (Lipinski definition) is 1. The summed E-state index contributed by atoms with van der Waals surface area (Å²) in [5, 5.41) is 4.73. The molecule has 3 aliphatic heterocycles. The highest BCUT2D eigenvalue weighted by molar-refractivity contribution is 6.31. The topological polar surface area (TPSA) is 45.5 Å². The van der Waals surface area contributed by atoms with E-state index in [4.69, 9.17) is 16.0 Å². The van der Waals surface area contributed by atoms with Gasteiger partial charge in [-0.05, 0) is 63.9 Å². The Balaban J connectivity index is 1.59. The van der Waals surface area contributed by atoms with Gasteiger partial charge in [0.05, 0.1) is 0 Å². The van der Waals surface area contributed by atoms with Crippen molar-refractivity contribution >= 4 is 28.5 Å². The Labute approximate surface area is 140 Å². The average Bonchev–Trinajstić information content (AvgIpc) is 2.94. The van der Waals surface area contributed by atoms with Crippen LogP contribution in [0, 0.1) is 5.92 Å². The number of nitrogens with zero attached hydrogens (tertiary/aromatic N) is 1. The molecule has 1 atom stereocenters. The summed E-state index contributed by atoms with van der Waals surface area (Å²) in [7, 11) is 0. The standard InChI is InChI=1S/C18H21ClN2O2/c1-18(2)16(11-5-7-21(18)8-6-11)20-17(22)15-9-12-3-4-13(19)10-14(12)23-15/h3-4,9-11,16H,5-8H2,1-2H3,(H,20,22). The molecular weight excluding hydrogens is 312 g/mol. The van der Waals surface area contributed by atoms with Crippen LogP contribution in [-0.2, 0) is 0 Å². The predicted molar refractivity (Wildman–Crippen MR) is 90.9 cm³/mol. The third-order valence-electron chi connectivity index (χ3n) is 5.58. The van der Waals surface area contributed by atoms with Gasteiger partial charge in [-0.25, -0.2) is 0 Å². The number of amides is 1. The highest BCUT2D eigenvalue weighted by atomic mass is 35.5. The zero-order chi connectivity index (χ0) is 16.2. The number of fused-ring (bicyclic) bond motifs is 4. The highest BCUT2D eigenvalue weighted by Gasteiger charge is 2.48. The number of hydrogen-bond acceptors (Lipinski definition) is 3. The van der Waals surface area contributed by atoms with Crippen molar-refractivity contribution in [1.29, 1.82) is 0 Å². The summed E-state index contributed by atoms with van der Waals surface area (Å²) in [6.45, 7) is 6.71. The van der Waals surface area contributed by atoms with Gasteiger partial charge in [0.15, 0.2) is 5.76 Å². The Bertz CT molecular complexity index is 759. The van der Waals surface area contributed by atoms with Crippen molar-refractivity contribution in [3.63, 3.8) is 0 Å². The molecule has 3 saturated heterocycles. The number of carbonyl (C=O) groups is 1. The number of benzene rings is 1. The lowest BCUT2D eigenvalue weighted by Gasteiger charge is -2.56. The molecule has 122 valence electrons. The molecule has 1 aromatic carbocycles. The number of halogens is 1. The first-order valence-electron chi connectivity index (χ1n) is 8.20. The molecule has 0 spiro atoms. The third kappa shape index (κ3) is 2.45. The van der Waals surface area contributed by atoms with E-state index in [1.165, 1.54) is 0 Å². The number of nitrogens with one attached hydrogen (secondary N) is 1. The lowest BCUT2D eigenvalue weighted by molar-refractivity contribution is -0.0380. The molecule has 1 N–H and O–H groups in total. The monoisotopic (exact) mass is 332 g/mol. The Kier molecular flexibility index (Phi) is 3.43. The van der Waals surface area contributed by atoms with Crippen molar-refractivity contribution in [2.45, 2.75) is 38.3 Å². The average molecular weight is 333 g/mol. The molecule has 2 aromatic rings. The molecule has 5 rings (SSSR count). The SMILES string of the molecule is CC1(C)C(NC(=O)c2cc3ccc(Cl)cc3o2)C2CCN1CC2. The van der Waals surface area contributed by atoms with Crippen LogP contribution in [0.1, 0.15) is 37.2 Å². The number of carbonyl (C=O) groups excluding carboxylic acids is 1. The fraction of sp³-hybridized carbons (Fsp3) is 0.500. The van der Waals surface area contributed by atoms with Crippen LogP contribution in [0.3, 0.4) is 0 Å². The first kappa shape index (κ1) is 15.0. The Morgan fingerprint density at radius 3 is 2.74 bits per heavy atom. The second-order valence-electron chi connectivity index (χ2n) is 7.22. The highest BCUT2D eigenvalue weighted by Crippen LogP contribution is 2.39. The summed E-state index contributed by atoms with van der Waals surface area (Å²) in [6.07, 6.45) is 2.31. The van der Waals surface area contributed by atoms with E-state index in [2.05, 4.69) is 24.1 Å². The molecule has 4 nitrogen and oxygen atoms in total. The normalized spacial score (nSPS) is 28.9. The van der Waals surface area contributed by atoms with Gasteiger partial charge in [0.2, 0.25) is 0 Å².